The second-order valence-electron chi connectivity index (χ2n) is 5.29. The Hall–Kier alpha value is -1.88. The molecule has 0 unspecified atom stereocenters. The molecule has 3 rings (SSSR count). The number of carbonyl (C=O) groups is 1. The molecule has 1 saturated carbocycles. The quantitative estimate of drug-likeness (QED) is 0.855. The first-order valence-corrected chi connectivity index (χ1v) is 6.77. The highest BCUT2D eigenvalue weighted by Gasteiger charge is 2.23. The zero-order valence-electron chi connectivity index (χ0n) is 10.9. The van der Waals surface area contributed by atoms with Gasteiger partial charge in [0.15, 0.2) is 0 Å². The van der Waals surface area contributed by atoms with Gasteiger partial charge in [0, 0.05) is 23.1 Å². The maximum atomic E-state index is 14.0. The fraction of sp³-hybridized carbons (Fsp3) is 0.400. The Labute approximate surface area is 115 Å². The van der Waals surface area contributed by atoms with Crippen LogP contribution in [-0.4, -0.2) is 27.5 Å². The summed E-state index contributed by atoms with van der Waals surface area (Å²) in [5.41, 5.74) is 0.541. The molecule has 0 radical (unpaired) electrons. The van der Waals surface area contributed by atoms with Gasteiger partial charge in [0.1, 0.15) is 23.4 Å². The largest absolute Gasteiger partial charge is 0.393 e. The molecule has 0 aliphatic heterocycles. The number of rotatable bonds is 2. The van der Waals surface area contributed by atoms with Crippen LogP contribution in [0.4, 0.5) is 4.39 Å². The van der Waals surface area contributed by atoms with E-state index in [1.807, 2.05) is 0 Å². The summed E-state index contributed by atoms with van der Waals surface area (Å²) < 4.78 is 14.0. The van der Waals surface area contributed by atoms with Crippen LogP contribution in [-0.2, 0) is 0 Å². The van der Waals surface area contributed by atoms with E-state index in [-0.39, 0.29) is 23.1 Å². The van der Waals surface area contributed by atoms with E-state index in [4.69, 9.17) is 0 Å². The number of aliphatic hydroxyl groups is 1. The number of carbonyl (C=O) groups excluding carboxylic acids is 1. The summed E-state index contributed by atoms with van der Waals surface area (Å²) in [7, 11) is 0. The Morgan fingerprint density at radius 1 is 1.25 bits per heavy atom. The van der Waals surface area contributed by atoms with Crippen molar-refractivity contribution in [3.05, 3.63) is 35.5 Å². The minimum Gasteiger partial charge on any atom is -0.393 e. The molecule has 1 fully saturated rings. The first-order chi connectivity index (χ1) is 9.67. The number of fused-ring (bicyclic) bond motifs is 1. The Morgan fingerprint density at radius 2 is 2.00 bits per heavy atom. The molecule has 0 spiro atoms. The van der Waals surface area contributed by atoms with Crippen molar-refractivity contribution in [2.45, 2.75) is 37.7 Å². The average molecular weight is 274 g/mol. The Balaban J connectivity index is 1.98. The minimum absolute atomic E-state index is 0.174. The molecule has 1 aromatic carbocycles. The van der Waals surface area contributed by atoms with Gasteiger partial charge in [-0.25, -0.2) is 14.4 Å². The number of halogens is 1. The van der Waals surface area contributed by atoms with E-state index in [0.29, 0.717) is 17.5 Å². The van der Waals surface area contributed by atoms with Gasteiger partial charge in [-0.1, -0.05) is 0 Å². The van der Waals surface area contributed by atoms with Crippen molar-refractivity contribution in [3.63, 3.8) is 0 Å². The van der Waals surface area contributed by atoms with E-state index in [9.17, 15) is 14.3 Å². The van der Waals surface area contributed by atoms with Crippen LogP contribution in [0.3, 0.4) is 0 Å². The molecule has 2 aromatic rings. The van der Waals surface area contributed by atoms with Gasteiger partial charge < -0.3 is 5.11 Å². The molecule has 1 aliphatic carbocycles. The van der Waals surface area contributed by atoms with Gasteiger partial charge in [-0.15, -0.1) is 0 Å². The number of benzene rings is 1. The van der Waals surface area contributed by atoms with E-state index < -0.39 is 5.82 Å². The molecule has 0 bridgehead atoms. The van der Waals surface area contributed by atoms with Crippen molar-refractivity contribution in [2.24, 2.45) is 0 Å². The summed E-state index contributed by atoms with van der Waals surface area (Å²) in [4.78, 5) is 19.3. The van der Waals surface area contributed by atoms with Crippen LogP contribution in [0.1, 0.15) is 47.8 Å². The summed E-state index contributed by atoms with van der Waals surface area (Å²) in [5, 5.41) is 10.0. The predicted octanol–water partition coefficient (Wildman–Crippen LogP) is 2.60. The molecule has 1 heterocycles. The molecule has 1 aliphatic rings. The van der Waals surface area contributed by atoms with Crippen LogP contribution in [0.15, 0.2) is 18.3 Å². The van der Waals surface area contributed by atoms with Gasteiger partial charge in [-0.05, 0) is 37.8 Å². The summed E-state index contributed by atoms with van der Waals surface area (Å²) in [5.74, 6) is 0.305. The van der Waals surface area contributed by atoms with Gasteiger partial charge >= 0.3 is 0 Å². The average Bonchev–Trinajstić information content (AvgIpc) is 2.47. The van der Waals surface area contributed by atoms with Crippen LogP contribution >= 0.6 is 0 Å². The number of nitrogens with zero attached hydrogens (tertiary/aromatic N) is 2. The Kier molecular flexibility index (Phi) is 3.44. The normalized spacial score (nSPS) is 22.9. The summed E-state index contributed by atoms with van der Waals surface area (Å²) in [6.45, 7) is 0. The molecule has 0 atom stereocenters. The van der Waals surface area contributed by atoms with E-state index >= 15 is 0 Å². The fourth-order valence-corrected chi connectivity index (χ4v) is 2.74. The lowest BCUT2D eigenvalue weighted by Crippen LogP contribution is -2.18. The van der Waals surface area contributed by atoms with Gasteiger partial charge in [-0.2, -0.15) is 0 Å². The maximum absolute atomic E-state index is 14.0. The number of hydrogen-bond acceptors (Lipinski definition) is 4. The van der Waals surface area contributed by atoms with Crippen molar-refractivity contribution >= 4 is 17.2 Å². The van der Waals surface area contributed by atoms with E-state index in [2.05, 4.69) is 9.97 Å². The SMILES string of the molecule is O=Cc1cc(F)c2nc(C3CCC(O)CC3)ncc2c1. The second kappa shape index (κ2) is 5.25. The lowest BCUT2D eigenvalue weighted by Gasteiger charge is -2.24. The summed E-state index contributed by atoms with van der Waals surface area (Å²) in [6, 6.07) is 2.77. The van der Waals surface area contributed by atoms with E-state index in [1.54, 1.807) is 12.3 Å². The smallest absolute Gasteiger partial charge is 0.150 e. The number of aliphatic hydroxyl groups excluding tert-OH is 1. The monoisotopic (exact) mass is 274 g/mol. The molecule has 5 heteroatoms. The first-order valence-electron chi connectivity index (χ1n) is 6.77. The highest BCUT2D eigenvalue weighted by atomic mass is 19.1. The highest BCUT2D eigenvalue weighted by Crippen LogP contribution is 2.31. The van der Waals surface area contributed by atoms with Crippen LogP contribution in [0, 0.1) is 5.82 Å². The van der Waals surface area contributed by atoms with Crippen molar-refractivity contribution < 1.29 is 14.3 Å². The molecule has 4 nitrogen and oxygen atoms in total. The third-order valence-corrected chi connectivity index (χ3v) is 3.88. The Bertz CT molecular complexity index is 652. The zero-order valence-corrected chi connectivity index (χ0v) is 10.9. The van der Waals surface area contributed by atoms with E-state index in [1.165, 1.54) is 6.07 Å². The highest BCUT2D eigenvalue weighted by molar-refractivity contribution is 5.86. The van der Waals surface area contributed by atoms with Crippen LogP contribution in [0.5, 0.6) is 0 Å². The third kappa shape index (κ3) is 2.41. The number of hydrogen-bond donors (Lipinski definition) is 1. The molecular weight excluding hydrogens is 259 g/mol. The van der Waals surface area contributed by atoms with Crippen molar-refractivity contribution in [1.29, 1.82) is 0 Å². The Morgan fingerprint density at radius 3 is 2.70 bits per heavy atom. The molecule has 0 amide bonds. The van der Waals surface area contributed by atoms with Crippen LogP contribution in [0.25, 0.3) is 10.9 Å². The topological polar surface area (TPSA) is 63.1 Å². The fourth-order valence-electron chi connectivity index (χ4n) is 2.74. The molecule has 1 aromatic heterocycles. The van der Waals surface area contributed by atoms with Crippen molar-refractivity contribution in [1.82, 2.24) is 9.97 Å². The lowest BCUT2D eigenvalue weighted by molar-refractivity contribution is 0.112. The number of aldehydes is 1. The van der Waals surface area contributed by atoms with Crippen molar-refractivity contribution in [2.75, 3.05) is 0 Å². The first kappa shape index (κ1) is 13.1. The van der Waals surface area contributed by atoms with Gasteiger partial charge in [-0.3, -0.25) is 4.79 Å². The summed E-state index contributed by atoms with van der Waals surface area (Å²) >= 11 is 0. The molecule has 1 N–H and O–H groups in total. The minimum atomic E-state index is -0.496. The van der Waals surface area contributed by atoms with Crippen molar-refractivity contribution in [3.8, 4) is 0 Å². The molecule has 0 saturated heterocycles. The lowest BCUT2D eigenvalue weighted by atomic mass is 9.87. The standard InChI is InChI=1S/C15H15FN2O2/c16-13-6-9(8-19)5-11-7-17-15(18-14(11)13)10-1-3-12(20)4-2-10/h5-8,10,12,20H,1-4H2. The maximum Gasteiger partial charge on any atom is 0.150 e. The van der Waals surface area contributed by atoms with E-state index in [0.717, 1.165) is 25.7 Å². The zero-order chi connectivity index (χ0) is 14.1. The molecule has 104 valence electrons. The van der Waals surface area contributed by atoms with Crippen LogP contribution in [0.2, 0.25) is 0 Å². The second-order valence-corrected chi connectivity index (χ2v) is 5.29. The predicted molar refractivity (Wildman–Crippen MR) is 72.1 cm³/mol. The van der Waals surface area contributed by atoms with Gasteiger partial charge in [0.2, 0.25) is 0 Å². The van der Waals surface area contributed by atoms with Crippen LogP contribution < -0.4 is 0 Å². The van der Waals surface area contributed by atoms with Gasteiger partial charge in [0.25, 0.3) is 0 Å². The molecular formula is C15H15FN2O2. The molecule has 20 heavy (non-hydrogen) atoms. The summed E-state index contributed by atoms with van der Waals surface area (Å²) in [6.07, 6.45) is 5.05. The van der Waals surface area contributed by atoms with Gasteiger partial charge in [0.05, 0.1) is 6.10 Å². The third-order valence-electron chi connectivity index (χ3n) is 3.88. The number of aromatic nitrogens is 2.